The normalized spacial score (nSPS) is 14.0. The molecule has 0 spiro atoms. The van der Waals surface area contributed by atoms with Crippen molar-refractivity contribution >= 4 is 47.3 Å². The first-order valence-corrected chi connectivity index (χ1v) is 12.7. The van der Waals surface area contributed by atoms with E-state index in [1.165, 1.54) is 24.3 Å². The predicted molar refractivity (Wildman–Crippen MR) is 132 cm³/mol. The van der Waals surface area contributed by atoms with Gasteiger partial charge in [0.25, 0.3) is 0 Å². The standard InChI is InChI=1S/C21H33N7O8S/c1-37-7-6-12(22)18(32)26-13(2-4-16(23)29)19(33)27-14(3-5-17(30)31)20(34)28-15(21(35)36)8-11-9-24-10-25-11/h9-10,12-15H,2-8,22H2,1H3,(H2,23,29)(H,24,25)(H,26,32)(H,27,33)(H,28,34)(H,30,31)(H,35,36). The van der Waals surface area contributed by atoms with Crippen LogP contribution in [0.1, 0.15) is 37.8 Å². The fourth-order valence-electron chi connectivity index (χ4n) is 3.11. The van der Waals surface area contributed by atoms with Crippen LogP contribution in [-0.2, 0) is 35.2 Å². The number of primary amides is 1. The predicted octanol–water partition coefficient (Wildman–Crippen LogP) is -2.30. The summed E-state index contributed by atoms with van der Waals surface area (Å²) in [5, 5.41) is 25.6. The molecule has 10 N–H and O–H groups in total. The largest absolute Gasteiger partial charge is 0.481 e. The Balaban J connectivity index is 3.01. The zero-order chi connectivity index (χ0) is 28.0. The Kier molecular flexibility index (Phi) is 13.7. The summed E-state index contributed by atoms with van der Waals surface area (Å²) in [7, 11) is 0. The zero-order valence-corrected chi connectivity index (χ0v) is 21.1. The fourth-order valence-corrected chi connectivity index (χ4v) is 3.60. The van der Waals surface area contributed by atoms with Gasteiger partial charge < -0.3 is 42.6 Å². The summed E-state index contributed by atoms with van der Waals surface area (Å²) in [4.78, 5) is 78.8. The number of rotatable bonds is 18. The molecule has 0 aromatic carbocycles. The molecule has 0 aliphatic carbocycles. The third-order valence-corrected chi connectivity index (χ3v) is 5.80. The van der Waals surface area contributed by atoms with Gasteiger partial charge in [-0.2, -0.15) is 11.8 Å². The van der Waals surface area contributed by atoms with Crippen molar-refractivity contribution in [2.45, 2.75) is 62.7 Å². The molecule has 4 unspecified atom stereocenters. The number of carbonyl (C=O) groups excluding carboxylic acids is 4. The van der Waals surface area contributed by atoms with Gasteiger partial charge in [-0.15, -0.1) is 0 Å². The summed E-state index contributed by atoms with van der Waals surface area (Å²) in [6.45, 7) is 0. The Morgan fingerprint density at radius 1 is 0.946 bits per heavy atom. The number of hydrogen-bond donors (Lipinski definition) is 8. The van der Waals surface area contributed by atoms with Crippen molar-refractivity contribution in [3.05, 3.63) is 18.2 Å². The smallest absolute Gasteiger partial charge is 0.326 e. The number of H-pyrrole nitrogens is 1. The number of amides is 4. The number of imidazole rings is 1. The average Bonchev–Trinajstić information content (AvgIpc) is 3.34. The molecule has 0 aliphatic heterocycles. The van der Waals surface area contributed by atoms with Gasteiger partial charge in [-0.1, -0.05) is 0 Å². The van der Waals surface area contributed by atoms with E-state index in [0.29, 0.717) is 17.9 Å². The molecule has 0 radical (unpaired) electrons. The number of carboxylic acids is 2. The number of carboxylic acid groups (broad SMARTS) is 2. The molecule has 0 aliphatic rings. The number of aliphatic carboxylic acids is 2. The number of hydrogen-bond acceptors (Lipinski definition) is 9. The van der Waals surface area contributed by atoms with Gasteiger partial charge in [-0.05, 0) is 31.3 Å². The van der Waals surface area contributed by atoms with E-state index in [2.05, 4.69) is 25.9 Å². The van der Waals surface area contributed by atoms with Crippen LogP contribution < -0.4 is 27.4 Å². The molecule has 0 saturated heterocycles. The van der Waals surface area contributed by atoms with E-state index in [4.69, 9.17) is 16.6 Å². The third kappa shape index (κ3) is 12.2. The number of nitrogens with one attached hydrogen (secondary N) is 4. The Morgan fingerprint density at radius 2 is 1.51 bits per heavy atom. The molecule has 0 fully saturated rings. The summed E-state index contributed by atoms with van der Waals surface area (Å²) in [6, 6.07) is -5.09. The van der Waals surface area contributed by atoms with Gasteiger partial charge in [0.15, 0.2) is 0 Å². The second kappa shape index (κ2) is 16.2. The molecule has 37 heavy (non-hydrogen) atoms. The Hall–Kier alpha value is -3.66. The molecule has 0 saturated carbocycles. The number of thioether (sulfide) groups is 1. The van der Waals surface area contributed by atoms with Crippen molar-refractivity contribution in [2.24, 2.45) is 11.5 Å². The first kappa shape index (κ1) is 31.4. The number of nitrogens with two attached hydrogens (primary N) is 2. The zero-order valence-electron chi connectivity index (χ0n) is 20.3. The maximum atomic E-state index is 13.0. The number of aromatic amines is 1. The first-order valence-electron chi connectivity index (χ1n) is 11.3. The van der Waals surface area contributed by atoms with Crippen molar-refractivity contribution in [2.75, 3.05) is 12.0 Å². The highest BCUT2D eigenvalue weighted by atomic mass is 32.2. The monoisotopic (exact) mass is 543 g/mol. The van der Waals surface area contributed by atoms with Crippen LogP contribution in [0.3, 0.4) is 0 Å². The highest BCUT2D eigenvalue weighted by Crippen LogP contribution is 2.06. The minimum absolute atomic E-state index is 0.147. The van der Waals surface area contributed by atoms with E-state index < -0.39 is 66.2 Å². The van der Waals surface area contributed by atoms with Gasteiger partial charge in [-0.25, -0.2) is 9.78 Å². The summed E-state index contributed by atoms with van der Waals surface area (Å²) in [5.41, 5.74) is 11.4. The third-order valence-electron chi connectivity index (χ3n) is 5.16. The molecule has 15 nitrogen and oxygen atoms in total. The molecule has 0 bridgehead atoms. The molecule has 4 amide bonds. The van der Waals surface area contributed by atoms with E-state index in [9.17, 15) is 33.9 Å². The first-order chi connectivity index (χ1) is 17.4. The van der Waals surface area contributed by atoms with Crippen molar-refractivity contribution in [1.82, 2.24) is 25.9 Å². The highest BCUT2D eigenvalue weighted by Gasteiger charge is 2.31. The lowest BCUT2D eigenvalue weighted by molar-refractivity contribution is -0.143. The molecule has 4 atom stereocenters. The van der Waals surface area contributed by atoms with E-state index in [-0.39, 0.29) is 25.7 Å². The molecule has 1 aromatic rings. The SMILES string of the molecule is CSCCC(N)C(=O)NC(CCC(N)=O)C(=O)NC(CCC(=O)O)C(=O)NC(Cc1cnc[nH]1)C(=O)O. The van der Waals surface area contributed by atoms with Crippen molar-refractivity contribution in [3.8, 4) is 0 Å². The minimum Gasteiger partial charge on any atom is -0.481 e. The summed E-state index contributed by atoms with van der Waals surface area (Å²) in [6.07, 6.45) is 3.37. The summed E-state index contributed by atoms with van der Waals surface area (Å²) < 4.78 is 0. The van der Waals surface area contributed by atoms with E-state index in [1.807, 2.05) is 6.26 Å². The van der Waals surface area contributed by atoms with Gasteiger partial charge in [0.2, 0.25) is 23.6 Å². The van der Waals surface area contributed by atoms with E-state index in [1.54, 1.807) is 0 Å². The van der Waals surface area contributed by atoms with Crippen LogP contribution >= 0.6 is 11.8 Å². The number of aromatic nitrogens is 2. The molecule has 206 valence electrons. The molecular formula is C21H33N7O8S. The van der Waals surface area contributed by atoms with Crippen LogP contribution in [0.2, 0.25) is 0 Å². The lowest BCUT2D eigenvalue weighted by Crippen LogP contribution is -2.57. The minimum atomic E-state index is -1.45. The maximum absolute atomic E-state index is 13.0. The lowest BCUT2D eigenvalue weighted by Gasteiger charge is -2.25. The number of carbonyl (C=O) groups is 6. The van der Waals surface area contributed by atoms with Crippen LogP contribution in [0, 0.1) is 0 Å². The van der Waals surface area contributed by atoms with Crippen LogP contribution in [0.25, 0.3) is 0 Å². The Bertz CT molecular complexity index is 943. The quantitative estimate of drug-likeness (QED) is 0.0976. The van der Waals surface area contributed by atoms with Crippen LogP contribution in [0.4, 0.5) is 0 Å². The van der Waals surface area contributed by atoms with E-state index in [0.717, 1.165) is 0 Å². The molecule has 1 aromatic heterocycles. The second-order valence-corrected chi connectivity index (χ2v) is 9.11. The fraction of sp³-hybridized carbons (Fsp3) is 0.571. The van der Waals surface area contributed by atoms with Crippen LogP contribution in [0.15, 0.2) is 12.5 Å². The van der Waals surface area contributed by atoms with Gasteiger partial charge in [0.1, 0.15) is 18.1 Å². The van der Waals surface area contributed by atoms with Crippen LogP contribution in [0.5, 0.6) is 0 Å². The van der Waals surface area contributed by atoms with Crippen molar-refractivity contribution in [1.29, 1.82) is 0 Å². The highest BCUT2D eigenvalue weighted by molar-refractivity contribution is 7.98. The van der Waals surface area contributed by atoms with Gasteiger partial charge in [0.05, 0.1) is 12.4 Å². The van der Waals surface area contributed by atoms with Gasteiger partial charge in [-0.3, -0.25) is 24.0 Å². The molecular weight excluding hydrogens is 510 g/mol. The lowest BCUT2D eigenvalue weighted by atomic mass is 10.1. The summed E-state index contributed by atoms with van der Waals surface area (Å²) >= 11 is 1.47. The maximum Gasteiger partial charge on any atom is 0.326 e. The van der Waals surface area contributed by atoms with Gasteiger partial charge >= 0.3 is 11.9 Å². The van der Waals surface area contributed by atoms with E-state index >= 15 is 0 Å². The summed E-state index contributed by atoms with van der Waals surface area (Å²) in [5.74, 6) is -5.25. The topological polar surface area (TPSA) is 260 Å². The Labute approximate surface area is 216 Å². The van der Waals surface area contributed by atoms with Gasteiger partial charge in [0, 0.05) is 31.2 Å². The second-order valence-electron chi connectivity index (χ2n) is 8.13. The van der Waals surface area contributed by atoms with Crippen molar-refractivity contribution < 1.29 is 39.0 Å². The Morgan fingerprint density at radius 3 is 2.00 bits per heavy atom. The molecule has 16 heteroatoms. The number of nitrogens with zero attached hydrogens (tertiary/aromatic N) is 1. The van der Waals surface area contributed by atoms with Crippen molar-refractivity contribution in [3.63, 3.8) is 0 Å². The molecule has 1 rings (SSSR count). The average molecular weight is 544 g/mol. The molecule has 1 heterocycles. The van der Waals surface area contributed by atoms with Crippen LogP contribution in [-0.4, -0.2) is 91.9 Å².